The van der Waals surface area contributed by atoms with E-state index in [0.717, 1.165) is 12.8 Å². The molecule has 0 bridgehead atoms. The van der Waals surface area contributed by atoms with E-state index in [1.807, 2.05) is 0 Å². The second kappa shape index (κ2) is 1.80. The molecule has 0 saturated heterocycles. The van der Waals surface area contributed by atoms with E-state index >= 15 is 0 Å². The zero-order chi connectivity index (χ0) is 5.28. The normalized spacial score (nSPS) is 42.0. The zero-order valence-electron chi connectivity index (χ0n) is 6.43. The fourth-order valence-corrected chi connectivity index (χ4v) is 1.02. The first-order valence-corrected chi connectivity index (χ1v) is 2.82. The van der Waals surface area contributed by atoms with Crippen LogP contribution in [-0.4, -0.2) is 12.1 Å². The maximum absolute atomic E-state index is 5.55. The van der Waals surface area contributed by atoms with Gasteiger partial charge in [0.2, 0.25) is 0 Å². The van der Waals surface area contributed by atoms with E-state index in [0.29, 0.717) is 12.1 Å². The van der Waals surface area contributed by atoms with E-state index in [1.165, 1.54) is 6.42 Å². The van der Waals surface area contributed by atoms with Crippen LogP contribution in [0.2, 0.25) is 0 Å². The molecule has 0 aromatic rings. The quantitative estimate of drug-likeness (QED) is 0.454. The average molecular weight is 102 g/mol. The molecule has 0 aromatic carbocycles. The molecule has 1 rings (SSSR count). The Bertz CT molecular complexity index is 62.0. The predicted octanol–water partition coefficient (Wildman–Crippen LogP) is 0.0499. The van der Waals surface area contributed by atoms with E-state index in [9.17, 15) is 0 Å². The number of hydrogen-bond acceptors (Lipinski definition) is 2. The highest BCUT2D eigenvalue weighted by Crippen LogP contribution is 2.13. The summed E-state index contributed by atoms with van der Waals surface area (Å²) < 4.78 is 0. The van der Waals surface area contributed by atoms with Crippen LogP contribution in [0.4, 0.5) is 0 Å². The van der Waals surface area contributed by atoms with E-state index in [2.05, 4.69) is 0 Å². The molecule has 2 nitrogen and oxygen atoms in total. The molecule has 0 spiro atoms. The fourth-order valence-electron chi connectivity index (χ4n) is 1.02. The molecule has 0 heterocycles. The molecule has 1 radical (unpaired) electrons. The summed E-state index contributed by atoms with van der Waals surface area (Å²) in [6, 6.07) is 0.583. The third kappa shape index (κ3) is 0.924. The van der Waals surface area contributed by atoms with Crippen LogP contribution >= 0.6 is 0 Å². The van der Waals surface area contributed by atoms with Crippen molar-refractivity contribution in [3.05, 3.63) is 0 Å². The van der Waals surface area contributed by atoms with Gasteiger partial charge in [-0.25, -0.2) is 0 Å². The summed E-state index contributed by atoms with van der Waals surface area (Å²) in [5, 5.41) is 0. The summed E-state index contributed by atoms with van der Waals surface area (Å²) in [6.45, 7) is 0. The van der Waals surface area contributed by atoms with Crippen molar-refractivity contribution in [2.24, 2.45) is 11.5 Å². The minimum Gasteiger partial charge on any atom is -0.326 e. The van der Waals surface area contributed by atoms with Gasteiger partial charge in [0.25, 0.3) is 0 Å². The Labute approximate surface area is 46.8 Å². The highest BCUT2D eigenvalue weighted by atomic mass is 14.8. The Hall–Kier alpha value is -0.0800. The summed E-state index contributed by atoms with van der Waals surface area (Å²) >= 11 is 0. The highest BCUT2D eigenvalue weighted by molar-refractivity contribution is 4.82. The fraction of sp³-hybridized carbons (Fsp3) is 1.00. The first-order chi connectivity index (χ1) is 3.30. The van der Waals surface area contributed by atoms with Crippen molar-refractivity contribution in [1.82, 2.24) is 0 Å². The molecule has 2 atom stereocenters. The molecule has 7 heavy (non-hydrogen) atoms. The van der Waals surface area contributed by atoms with E-state index < -0.39 is 0 Å². The summed E-state index contributed by atoms with van der Waals surface area (Å²) in [5.74, 6) is 0. The third-order valence-corrected chi connectivity index (χ3v) is 1.62. The highest BCUT2D eigenvalue weighted by Gasteiger charge is 2.18. The van der Waals surface area contributed by atoms with Crippen LogP contribution in [-0.2, 0) is 0 Å². The van der Waals surface area contributed by atoms with Gasteiger partial charge in [0.1, 0.15) is 0 Å². The number of nitrogens with two attached hydrogens (primary N) is 2. The topological polar surface area (TPSA) is 52.0 Å². The van der Waals surface area contributed by atoms with Crippen LogP contribution in [0.15, 0.2) is 0 Å². The second-order valence-electron chi connectivity index (χ2n) is 2.26. The zero-order valence-corrected chi connectivity index (χ0v) is 4.43. The van der Waals surface area contributed by atoms with Crippen molar-refractivity contribution >= 4 is 0 Å². The predicted molar refractivity (Wildman–Crippen MR) is 32.0 cm³/mol. The molecule has 0 aliphatic heterocycles. The van der Waals surface area contributed by atoms with Gasteiger partial charge in [-0.05, 0) is 12.8 Å². The maximum atomic E-state index is 5.55. The molecule has 1 aliphatic rings. The average Bonchev–Trinajstić information content (AvgIpc) is 1.91. The van der Waals surface area contributed by atoms with Gasteiger partial charge in [-0.15, -0.1) is 0 Å². The maximum Gasteiger partial charge on any atom is 1.00 e. The lowest BCUT2D eigenvalue weighted by Gasteiger charge is -2.05. The molecule has 2 heteroatoms. The number of rotatable bonds is 0. The molecule has 0 aromatic heterocycles. The van der Waals surface area contributed by atoms with Gasteiger partial charge in [-0.1, -0.05) is 6.42 Å². The molecule has 1 fully saturated rings. The van der Waals surface area contributed by atoms with Gasteiger partial charge in [-0.3, -0.25) is 0 Å². The monoisotopic (exact) mass is 102 g/mol. The standard InChI is InChI=1S/C5H12N2.H/c6-4-2-1-3-5(4)7;/h4-5H,1-3,6-7H2;/p+1/t4-,5+;. The van der Waals surface area contributed by atoms with E-state index in [4.69, 9.17) is 11.5 Å². The van der Waals surface area contributed by atoms with Crippen LogP contribution in [0.5, 0.6) is 0 Å². The van der Waals surface area contributed by atoms with E-state index in [1.54, 1.807) is 0 Å². The van der Waals surface area contributed by atoms with Gasteiger partial charge in [0.15, 0.2) is 0 Å². The Morgan fingerprint density at radius 1 is 1.29 bits per heavy atom. The summed E-state index contributed by atoms with van der Waals surface area (Å²) in [4.78, 5) is 0. The second-order valence-corrected chi connectivity index (χ2v) is 2.26. The Morgan fingerprint density at radius 2 is 1.71 bits per heavy atom. The van der Waals surface area contributed by atoms with Crippen molar-refractivity contribution in [2.45, 2.75) is 31.3 Å². The SMILES string of the molecule is N[C@@H]1CCC[C@@H]1N.[H+].[H]. The smallest absolute Gasteiger partial charge is 0.326 e. The van der Waals surface area contributed by atoms with Crippen molar-refractivity contribution in [2.75, 3.05) is 0 Å². The van der Waals surface area contributed by atoms with Crippen molar-refractivity contribution in [3.8, 4) is 0 Å². The minimum absolute atomic E-state index is 0. The lowest BCUT2D eigenvalue weighted by molar-refractivity contribution is 0.603. The first-order valence-electron chi connectivity index (χ1n) is 2.82. The third-order valence-electron chi connectivity index (χ3n) is 1.62. The van der Waals surface area contributed by atoms with Gasteiger partial charge in [0, 0.05) is 13.5 Å². The molecule has 43 valence electrons. The van der Waals surface area contributed by atoms with Crippen LogP contribution < -0.4 is 11.5 Å². The molecular formula is C5H14N2+. The molecule has 0 unspecified atom stereocenters. The molecule has 1 aliphatic carbocycles. The van der Waals surface area contributed by atoms with Gasteiger partial charge in [0.05, 0.1) is 0 Å². The van der Waals surface area contributed by atoms with Crippen LogP contribution in [0, 0.1) is 0 Å². The Kier molecular flexibility index (Phi) is 1.30. The van der Waals surface area contributed by atoms with Gasteiger partial charge >= 0.3 is 1.43 Å². The lowest BCUT2D eigenvalue weighted by atomic mass is 10.2. The summed E-state index contributed by atoms with van der Waals surface area (Å²) in [7, 11) is 0. The molecule has 1 saturated carbocycles. The van der Waals surface area contributed by atoms with Crippen LogP contribution in [0.25, 0.3) is 0 Å². The first kappa shape index (κ1) is 5.06. The van der Waals surface area contributed by atoms with E-state index in [-0.39, 0.29) is 2.85 Å². The molecule has 0 amide bonds. The Balaban J connectivity index is 0. The van der Waals surface area contributed by atoms with Crippen LogP contribution in [0.3, 0.4) is 0 Å². The minimum atomic E-state index is 0. The van der Waals surface area contributed by atoms with Crippen LogP contribution in [0.1, 0.15) is 22.1 Å². The molecule has 4 N–H and O–H groups in total. The van der Waals surface area contributed by atoms with Crippen molar-refractivity contribution in [1.29, 1.82) is 0 Å². The summed E-state index contributed by atoms with van der Waals surface area (Å²) in [5.41, 5.74) is 11.1. The summed E-state index contributed by atoms with van der Waals surface area (Å²) in [6.07, 6.45) is 3.48. The molecular weight excluding hydrogens is 88.1 g/mol. The van der Waals surface area contributed by atoms with Crippen molar-refractivity contribution in [3.63, 3.8) is 0 Å². The van der Waals surface area contributed by atoms with Crippen molar-refractivity contribution < 1.29 is 2.85 Å². The Morgan fingerprint density at radius 3 is 1.86 bits per heavy atom. The number of hydrogen-bond donors (Lipinski definition) is 2. The lowest BCUT2D eigenvalue weighted by Crippen LogP contribution is -2.35. The van der Waals surface area contributed by atoms with Gasteiger partial charge in [-0.2, -0.15) is 0 Å². The largest absolute Gasteiger partial charge is 1.00 e. The van der Waals surface area contributed by atoms with Gasteiger partial charge < -0.3 is 11.5 Å².